The van der Waals surface area contributed by atoms with Gasteiger partial charge in [-0.05, 0) is 25.7 Å². The van der Waals surface area contributed by atoms with Crippen molar-refractivity contribution in [1.82, 2.24) is 6.15 Å². The molecule has 7 heteroatoms. The van der Waals surface area contributed by atoms with Crippen LogP contribution >= 0.6 is 0 Å². The molecule has 0 heterocycles. The molecule has 21 heavy (non-hydrogen) atoms. The third-order valence-electron chi connectivity index (χ3n) is 2.77. The second-order valence-corrected chi connectivity index (χ2v) is 5.68. The largest absolute Gasteiger partial charge is 0.726 e. The third-order valence-corrected chi connectivity index (χ3v) is 3.22. The van der Waals surface area contributed by atoms with Crippen molar-refractivity contribution in [1.29, 1.82) is 0 Å². The first-order chi connectivity index (χ1) is 9.56. The lowest BCUT2D eigenvalue weighted by atomic mass is 10.1. The molecule has 0 aromatic heterocycles. The van der Waals surface area contributed by atoms with Crippen molar-refractivity contribution >= 4 is 10.4 Å². The minimum absolute atomic E-state index is 0. The standard InChI is InChI=1S/C14H28O5S.H3N/c1-2-3-4-5-6-7-8-9-10-11-12-18-13-14-19-20(15,16)17;/h3-4H,2,5-14H2,1H3,(H,15,16,17);1H3/b4-3+;. The van der Waals surface area contributed by atoms with Crippen LogP contribution in [-0.4, -0.2) is 32.8 Å². The maximum atomic E-state index is 10.1. The number of ether oxygens (including phenoxy) is 1. The number of unbranched alkanes of at least 4 members (excludes halogenated alkanes) is 6. The predicted molar refractivity (Wildman–Crippen MR) is 84.2 cm³/mol. The zero-order chi connectivity index (χ0) is 15.1. The molecule has 0 radical (unpaired) electrons. The van der Waals surface area contributed by atoms with Crippen molar-refractivity contribution in [2.45, 2.75) is 58.3 Å². The van der Waals surface area contributed by atoms with Gasteiger partial charge in [0.15, 0.2) is 0 Å². The van der Waals surface area contributed by atoms with Gasteiger partial charge in [-0.1, -0.05) is 44.8 Å². The van der Waals surface area contributed by atoms with Gasteiger partial charge in [-0.25, -0.2) is 8.42 Å². The van der Waals surface area contributed by atoms with Crippen LogP contribution in [0.4, 0.5) is 0 Å². The fraction of sp³-hybridized carbons (Fsp3) is 0.857. The highest BCUT2D eigenvalue weighted by atomic mass is 32.3. The first-order valence-corrected chi connectivity index (χ1v) is 8.72. The van der Waals surface area contributed by atoms with Crippen molar-refractivity contribution in [3.8, 4) is 0 Å². The molecule has 0 aliphatic carbocycles. The number of rotatable bonds is 14. The SMILES string of the molecule is CC/C=C/CCCCCCCCOCCOS(=O)(=O)[O-].[NH4+]. The Bertz CT molecular complexity index is 330. The van der Waals surface area contributed by atoms with Crippen molar-refractivity contribution in [3.63, 3.8) is 0 Å². The van der Waals surface area contributed by atoms with Crippen LogP contribution in [0.15, 0.2) is 12.2 Å². The van der Waals surface area contributed by atoms with Crippen molar-refractivity contribution in [3.05, 3.63) is 12.2 Å². The van der Waals surface area contributed by atoms with E-state index >= 15 is 0 Å². The van der Waals surface area contributed by atoms with E-state index in [9.17, 15) is 13.0 Å². The van der Waals surface area contributed by atoms with Gasteiger partial charge in [-0.2, -0.15) is 0 Å². The Morgan fingerprint density at radius 2 is 1.52 bits per heavy atom. The smallest absolute Gasteiger partial charge is 0.217 e. The molecule has 0 saturated carbocycles. The topological polar surface area (TPSA) is 112 Å². The van der Waals surface area contributed by atoms with E-state index in [4.69, 9.17) is 4.74 Å². The Hall–Kier alpha value is -0.470. The Morgan fingerprint density at radius 1 is 0.905 bits per heavy atom. The van der Waals surface area contributed by atoms with Crippen LogP contribution in [0.5, 0.6) is 0 Å². The molecule has 0 spiro atoms. The zero-order valence-corrected chi connectivity index (χ0v) is 14.2. The van der Waals surface area contributed by atoms with Crippen LogP contribution in [0.25, 0.3) is 0 Å². The molecule has 0 atom stereocenters. The molecule has 0 aliphatic heterocycles. The summed E-state index contributed by atoms with van der Waals surface area (Å²) in [6.45, 7) is 2.67. The minimum atomic E-state index is -4.58. The van der Waals surface area contributed by atoms with E-state index < -0.39 is 10.4 Å². The van der Waals surface area contributed by atoms with Gasteiger partial charge >= 0.3 is 0 Å². The molecule has 0 unspecified atom stereocenters. The lowest BCUT2D eigenvalue weighted by Crippen LogP contribution is -2.10. The van der Waals surface area contributed by atoms with Crippen LogP contribution < -0.4 is 6.15 Å². The molecule has 0 bridgehead atoms. The van der Waals surface area contributed by atoms with E-state index in [2.05, 4.69) is 23.3 Å². The molecule has 0 aliphatic rings. The minimum Gasteiger partial charge on any atom is -0.726 e. The van der Waals surface area contributed by atoms with Crippen LogP contribution in [0.1, 0.15) is 58.3 Å². The normalized spacial score (nSPS) is 11.7. The van der Waals surface area contributed by atoms with E-state index in [1.807, 2.05) is 0 Å². The molecule has 0 fully saturated rings. The van der Waals surface area contributed by atoms with Gasteiger partial charge < -0.3 is 15.4 Å². The summed E-state index contributed by atoms with van der Waals surface area (Å²) in [4.78, 5) is 0. The van der Waals surface area contributed by atoms with Crippen LogP contribution in [-0.2, 0) is 19.3 Å². The highest BCUT2D eigenvalue weighted by molar-refractivity contribution is 7.80. The monoisotopic (exact) mass is 325 g/mol. The van der Waals surface area contributed by atoms with Gasteiger partial charge in [0.05, 0.1) is 13.2 Å². The second-order valence-electron chi connectivity index (χ2n) is 4.63. The predicted octanol–water partition coefficient (Wildman–Crippen LogP) is 3.55. The van der Waals surface area contributed by atoms with Gasteiger partial charge in [0.1, 0.15) is 0 Å². The Labute approximate surface area is 129 Å². The number of quaternary nitrogens is 1. The molecule has 0 rings (SSSR count). The maximum Gasteiger partial charge on any atom is 0.217 e. The average Bonchev–Trinajstić information content (AvgIpc) is 2.38. The fourth-order valence-electron chi connectivity index (χ4n) is 1.76. The summed E-state index contributed by atoms with van der Waals surface area (Å²) in [6.07, 6.45) is 13.8. The van der Waals surface area contributed by atoms with Gasteiger partial charge in [0.2, 0.25) is 10.4 Å². The summed E-state index contributed by atoms with van der Waals surface area (Å²) >= 11 is 0. The van der Waals surface area contributed by atoms with E-state index in [1.165, 1.54) is 32.1 Å². The molecular formula is C14H31NO5S. The summed E-state index contributed by atoms with van der Waals surface area (Å²) < 4.78 is 39.5. The van der Waals surface area contributed by atoms with E-state index in [0.29, 0.717) is 6.61 Å². The quantitative estimate of drug-likeness (QED) is 0.227. The molecule has 6 nitrogen and oxygen atoms in total. The van der Waals surface area contributed by atoms with Crippen molar-refractivity contribution < 1.29 is 21.9 Å². The first-order valence-electron chi connectivity index (χ1n) is 7.39. The Morgan fingerprint density at radius 3 is 2.14 bits per heavy atom. The van der Waals surface area contributed by atoms with Gasteiger partial charge in [-0.3, -0.25) is 4.18 Å². The lowest BCUT2D eigenvalue weighted by Gasteiger charge is -2.07. The molecular weight excluding hydrogens is 294 g/mol. The Kier molecular flexibility index (Phi) is 17.3. The van der Waals surface area contributed by atoms with Crippen LogP contribution in [0.3, 0.4) is 0 Å². The maximum absolute atomic E-state index is 10.1. The van der Waals surface area contributed by atoms with Crippen molar-refractivity contribution in [2.75, 3.05) is 19.8 Å². The number of hydrogen-bond acceptors (Lipinski definition) is 5. The summed E-state index contributed by atoms with van der Waals surface area (Å²) in [5, 5.41) is 0. The van der Waals surface area contributed by atoms with Crippen LogP contribution in [0.2, 0.25) is 0 Å². The second kappa shape index (κ2) is 15.9. The number of hydrogen-bond donors (Lipinski definition) is 1. The third kappa shape index (κ3) is 22.0. The Balaban J connectivity index is 0. The first kappa shape index (κ1) is 22.8. The van der Waals surface area contributed by atoms with Gasteiger partial charge in [-0.15, -0.1) is 0 Å². The van der Waals surface area contributed by atoms with Crippen molar-refractivity contribution in [2.24, 2.45) is 0 Å². The van der Waals surface area contributed by atoms with E-state index in [-0.39, 0.29) is 19.4 Å². The summed E-state index contributed by atoms with van der Waals surface area (Å²) in [6, 6.07) is 0. The molecule has 128 valence electrons. The van der Waals surface area contributed by atoms with Gasteiger partial charge in [0, 0.05) is 6.61 Å². The molecule has 0 saturated heterocycles. The lowest BCUT2D eigenvalue weighted by molar-refractivity contribution is 0.0939. The summed E-state index contributed by atoms with van der Waals surface area (Å²) in [5.41, 5.74) is 0. The average molecular weight is 325 g/mol. The fourth-order valence-corrected chi connectivity index (χ4v) is 2.03. The molecule has 4 N–H and O–H groups in total. The molecule has 0 aromatic rings. The highest BCUT2D eigenvalue weighted by Crippen LogP contribution is 2.07. The van der Waals surface area contributed by atoms with Crippen LogP contribution in [0, 0.1) is 0 Å². The molecule has 0 aromatic carbocycles. The summed E-state index contributed by atoms with van der Waals surface area (Å²) in [7, 11) is -4.58. The number of allylic oxidation sites excluding steroid dienone is 2. The van der Waals surface area contributed by atoms with E-state index in [0.717, 1.165) is 19.3 Å². The van der Waals surface area contributed by atoms with Gasteiger partial charge in [0.25, 0.3) is 0 Å². The highest BCUT2D eigenvalue weighted by Gasteiger charge is 1.95. The molecule has 0 amide bonds. The zero-order valence-electron chi connectivity index (χ0n) is 13.4. The summed E-state index contributed by atoms with van der Waals surface area (Å²) in [5.74, 6) is 0. The van der Waals surface area contributed by atoms with E-state index in [1.54, 1.807) is 0 Å².